The van der Waals surface area contributed by atoms with Gasteiger partial charge in [-0.25, -0.2) is 15.0 Å². The molecule has 1 aliphatic carbocycles. The molecule has 2 fully saturated rings. The maximum Gasteiger partial charge on any atom is 0.225 e. The van der Waals surface area contributed by atoms with E-state index >= 15 is 0 Å². The first-order valence-corrected chi connectivity index (χ1v) is 10.5. The first kappa shape index (κ1) is 18.4. The van der Waals surface area contributed by atoms with Gasteiger partial charge in [0.15, 0.2) is 0 Å². The van der Waals surface area contributed by atoms with Gasteiger partial charge >= 0.3 is 0 Å². The van der Waals surface area contributed by atoms with Gasteiger partial charge in [0.2, 0.25) is 5.95 Å². The van der Waals surface area contributed by atoms with Crippen LogP contribution in [0.1, 0.15) is 45.4 Å². The summed E-state index contributed by atoms with van der Waals surface area (Å²) in [5, 5.41) is 0. The standard InChI is InChI=1S/C21H32N6/c1-17-6-5-9-26(15-17)21-23-12-18(13-24-21)20-14-22-16-27(20)11-10-25(2)19-7-3-4-8-19/h12-14,16-17,19H,3-11,15H2,1-2H3/t17-/m0/s1. The summed E-state index contributed by atoms with van der Waals surface area (Å²) < 4.78 is 2.23. The van der Waals surface area contributed by atoms with Crippen LogP contribution in [0.25, 0.3) is 11.3 Å². The Morgan fingerprint density at radius 2 is 1.85 bits per heavy atom. The predicted octanol–water partition coefficient (Wildman–Crippen LogP) is 3.45. The van der Waals surface area contributed by atoms with Crippen LogP contribution in [0.4, 0.5) is 5.95 Å². The van der Waals surface area contributed by atoms with Crippen molar-refractivity contribution in [3.63, 3.8) is 0 Å². The summed E-state index contributed by atoms with van der Waals surface area (Å²) in [6, 6.07) is 0.756. The van der Waals surface area contributed by atoms with Crippen molar-refractivity contribution in [3.05, 3.63) is 24.9 Å². The van der Waals surface area contributed by atoms with Gasteiger partial charge in [-0.05, 0) is 38.6 Å². The molecule has 6 nitrogen and oxygen atoms in total. The minimum atomic E-state index is 0.723. The van der Waals surface area contributed by atoms with Crippen LogP contribution in [-0.2, 0) is 6.54 Å². The molecule has 6 heteroatoms. The van der Waals surface area contributed by atoms with Crippen molar-refractivity contribution in [2.75, 3.05) is 31.6 Å². The van der Waals surface area contributed by atoms with E-state index in [0.29, 0.717) is 0 Å². The number of imidazole rings is 1. The van der Waals surface area contributed by atoms with Gasteiger partial charge in [0.05, 0.1) is 18.2 Å². The van der Waals surface area contributed by atoms with Crippen LogP contribution in [0.3, 0.4) is 0 Å². The fourth-order valence-corrected chi connectivity index (χ4v) is 4.52. The maximum absolute atomic E-state index is 4.66. The smallest absolute Gasteiger partial charge is 0.225 e. The Morgan fingerprint density at radius 1 is 1.07 bits per heavy atom. The lowest BCUT2D eigenvalue weighted by Crippen LogP contribution is -2.35. The first-order valence-electron chi connectivity index (χ1n) is 10.5. The van der Waals surface area contributed by atoms with Gasteiger partial charge in [-0.3, -0.25) is 0 Å². The zero-order chi connectivity index (χ0) is 18.6. The lowest BCUT2D eigenvalue weighted by molar-refractivity contribution is 0.237. The summed E-state index contributed by atoms with van der Waals surface area (Å²) in [5.41, 5.74) is 2.15. The lowest BCUT2D eigenvalue weighted by atomic mass is 10.0. The van der Waals surface area contributed by atoms with Gasteiger partial charge in [0.25, 0.3) is 0 Å². The molecule has 146 valence electrons. The van der Waals surface area contributed by atoms with E-state index in [1.165, 1.54) is 38.5 Å². The van der Waals surface area contributed by atoms with E-state index in [9.17, 15) is 0 Å². The summed E-state index contributed by atoms with van der Waals surface area (Å²) >= 11 is 0. The normalized spacial score (nSPS) is 21.3. The second-order valence-corrected chi connectivity index (χ2v) is 8.36. The largest absolute Gasteiger partial charge is 0.341 e. The quantitative estimate of drug-likeness (QED) is 0.782. The number of hydrogen-bond donors (Lipinski definition) is 0. The van der Waals surface area contributed by atoms with E-state index in [1.54, 1.807) is 0 Å². The molecule has 1 saturated heterocycles. The van der Waals surface area contributed by atoms with Gasteiger partial charge in [-0.2, -0.15) is 0 Å². The number of aromatic nitrogens is 4. The molecule has 0 bridgehead atoms. The Morgan fingerprint density at radius 3 is 2.59 bits per heavy atom. The van der Waals surface area contributed by atoms with Crippen molar-refractivity contribution >= 4 is 5.95 Å². The molecule has 27 heavy (non-hydrogen) atoms. The van der Waals surface area contributed by atoms with Crippen LogP contribution in [0.2, 0.25) is 0 Å². The molecule has 1 aliphatic heterocycles. The van der Waals surface area contributed by atoms with Crippen molar-refractivity contribution in [1.29, 1.82) is 0 Å². The van der Waals surface area contributed by atoms with Crippen LogP contribution in [0, 0.1) is 5.92 Å². The number of piperidine rings is 1. The Balaban J connectivity index is 1.41. The van der Waals surface area contributed by atoms with Crippen molar-refractivity contribution < 1.29 is 0 Å². The van der Waals surface area contributed by atoms with Crippen molar-refractivity contribution in [2.45, 2.75) is 58.0 Å². The number of likely N-dealkylation sites (N-methyl/N-ethyl adjacent to an activating group) is 1. The molecule has 4 rings (SSSR count). The highest BCUT2D eigenvalue weighted by atomic mass is 15.3. The average Bonchev–Trinajstić information content (AvgIpc) is 3.38. The summed E-state index contributed by atoms with van der Waals surface area (Å²) in [4.78, 5) is 18.5. The molecular formula is C21H32N6. The average molecular weight is 369 g/mol. The zero-order valence-corrected chi connectivity index (χ0v) is 16.7. The van der Waals surface area contributed by atoms with Gasteiger partial charge in [0, 0.05) is 50.2 Å². The molecule has 2 aromatic rings. The van der Waals surface area contributed by atoms with Crippen LogP contribution < -0.4 is 4.90 Å². The fourth-order valence-electron chi connectivity index (χ4n) is 4.52. The molecule has 0 spiro atoms. The summed E-state index contributed by atoms with van der Waals surface area (Å²) in [6.07, 6.45) is 15.8. The minimum Gasteiger partial charge on any atom is -0.341 e. The number of anilines is 1. The Kier molecular flexibility index (Phi) is 5.72. The molecule has 2 aliphatic rings. The predicted molar refractivity (Wildman–Crippen MR) is 109 cm³/mol. The SMILES string of the molecule is C[C@H]1CCCN(c2ncc(-c3cncn3CCN(C)C3CCCC3)cn2)C1. The first-order chi connectivity index (χ1) is 13.2. The minimum absolute atomic E-state index is 0.723. The monoisotopic (exact) mass is 368 g/mol. The molecular weight excluding hydrogens is 336 g/mol. The highest BCUT2D eigenvalue weighted by molar-refractivity contribution is 5.57. The highest BCUT2D eigenvalue weighted by Crippen LogP contribution is 2.24. The van der Waals surface area contributed by atoms with E-state index in [1.807, 2.05) is 24.9 Å². The summed E-state index contributed by atoms with van der Waals surface area (Å²) in [6.45, 7) is 6.44. The third-order valence-corrected chi connectivity index (χ3v) is 6.23. The number of rotatable bonds is 6. The van der Waals surface area contributed by atoms with E-state index in [2.05, 4.69) is 43.3 Å². The van der Waals surface area contributed by atoms with Crippen LogP contribution in [-0.4, -0.2) is 57.1 Å². The van der Waals surface area contributed by atoms with Crippen LogP contribution in [0.15, 0.2) is 24.9 Å². The second-order valence-electron chi connectivity index (χ2n) is 8.36. The second kappa shape index (κ2) is 8.38. The van der Waals surface area contributed by atoms with Crippen molar-refractivity contribution in [2.24, 2.45) is 5.92 Å². The number of hydrogen-bond acceptors (Lipinski definition) is 5. The topological polar surface area (TPSA) is 50.1 Å². The van der Waals surface area contributed by atoms with Crippen LogP contribution in [0.5, 0.6) is 0 Å². The molecule has 1 saturated carbocycles. The van der Waals surface area contributed by atoms with Crippen molar-refractivity contribution in [3.8, 4) is 11.3 Å². The van der Waals surface area contributed by atoms with Gasteiger partial charge in [-0.1, -0.05) is 19.8 Å². The van der Waals surface area contributed by atoms with Gasteiger partial charge < -0.3 is 14.4 Å². The zero-order valence-electron chi connectivity index (χ0n) is 16.7. The van der Waals surface area contributed by atoms with E-state index in [-0.39, 0.29) is 0 Å². The van der Waals surface area contributed by atoms with E-state index < -0.39 is 0 Å². The molecule has 0 aromatic carbocycles. The maximum atomic E-state index is 4.66. The Labute approximate surface area is 162 Å². The Hall–Kier alpha value is -1.95. The molecule has 1 atom stereocenters. The molecule has 0 N–H and O–H groups in total. The third kappa shape index (κ3) is 4.32. The highest BCUT2D eigenvalue weighted by Gasteiger charge is 2.20. The third-order valence-electron chi connectivity index (χ3n) is 6.23. The Bertz CT molecular complexity index is 719. The van der Waals surface area contributed by atoms with E-state index in [4.69, 9.17) is 0 Å². The molecule has 0 amide bonds. The van der Waals surface area contributed by atoms with E-state index in [0.717, 1.165) is 55.3 Å². The van der Waals surface area contributed by atoms with Crippen LogP contribution >= 0.6 is 0 Å². The van der Waals surface area contributed by atoms with Gasteiger partial charge in [-0.15, -0.1) is 0 Å². The van der Waals surface area contributed by atoms with Gasteiger partial charge in [0.1, 0.15) is 0 Å². The fraction of sp³-hybridized carbons (Fsp3) is 0.667. The molecule has 0 radical (unpaired) electrons. The molecule has 2 aromatic heterocycles. The summed E-state index contributed by atoms with van der Waals surface area (Å²) in [5.74, 6) is 1.58. The molecule has 3 heterocycles. The lowest BCUT2D eigenvalue weighted by Gasteiger charge is -2.30. The van der Waals surface area contributed by atoms with Crippen molar-refractivity contribution in [1.82, 2.24) is 24.4 Å². The molecule has 0 unspecified atom stereocenters. The summed E-state index contributed by atoms with van der Waals surface area (Å²) in [7, 11) is 2.25. The number of nitrogens with zero attached hydrogens (tertiary/aromatic N) is 6.